The van der Waals surface area contributed by atoms with E-state index in [1.54, 1.807) is 12.3 Å². The number of anilines is 1. The van der Waals surface area contributed by atoms with E-state index < -0.39 is 5.91 Å². The molecule has 1 aliphatic carbocycles. The van der Waals surface area contributed by atoms with Crippen molar-refractivity contribution in [1.82, 2.24) is 4.98 Å². The lowest BCUT2D eigenvalue weighted by Gasteiger charge is -2.27. The third kappa shape index (κ3) is 2.94. The van der Waals surface area contributed by atoms with Gasteiger partial charge in [0.1, 0.15) is 0 Å². The number of carbonyl (C=O) groups excluding carboxylic acids is 1. The van der Waals surface area contributed by atoms with Crippen molar-refractivity contribution >= 4 is 11.6 Å². The summed E-state index contributed by atoms with van der Waals surface area (Å²) in [4.78, 5) is 15.1. The fourth-order valence-corrected chi connectivity index (χ4v) is 2.16. The zero-order valence-corrected chi connectivity index (χ0v) is 9.60. The van der Waals surface area contributed by atoms with E-state index in [4.69, 9.17) is 5.73 Å². The molecule has 2 rings (SSSR count). The summed E-state index contributed by atoms with van der Waals surface area (Å²) < 4.78 is 0. The third-order valence-corrected chi connectivity index (χ3v) is 3.14. The first-order valence-corrected chi connectivity index (χ1v) is 5.85. The van der Waals surface area contributed by atoms with Gasteiger partial charge in [0.05, 0.1) is 17.4 Å². The highest BCUT2D eigenvalue weighted by molar-refractivity contribution is 5.98. The maximum absolute atomic E-state index is 11.2. The summed E-state index contributed by atoms with van der Waals surface area (Å²) in [5.41, 5.74) is 6.43. The average Bonchev–Trinajstić information content (AvgIpc) is 2.32. The number of carbonyl (C=O) groups is 1. The molecule has 1 heterocycles. The largest absolute Gasteiger partial charge is 0.393 e. The minimum atomic E-state index is -0.476. The van der Waals surface area contributed by atoms with Crippen LogP contribution in [0.4, 0.5) is 5.69 Å². The van der Waals surface area contributed by atoms with Crippen molar-refractivity contribution in [3.63, 3.8) is 0 Å². The van der Waals surface area contributed by atoms with Gasteiger partial charge >= 0.3 is 0 Å². The number of pyridine rings is 1. The number of aliphatic hydroxyl groups is 1. The van der Waals surface area contributed by atoms with Gasteiger partial charge in [-0.1, -0.05) is 0 Å². The van der Waals surface area contributed by atoms with Crippen LogP contribution in [0.3, 0.4) is 0 Å². The van der Waals surface area contributed by atoms with Crippen molar-refractivity contribution in [2.24, 2.45) is 5.73 Å². The minimum Gasteiger partial charge on any atom is -0.393 e. The number of nitrogens with zero attached hydrogens (tertiary/aromatic N) is 1. The summed E-state index contributed by atoms with van der Waals surface area (Å²) in [5, 5.41) is 12.7. The van der Waals surface area contributed by atoms with Crippen molar-refractivity contribution in [1.29, 1.82) is 0 Å². The van der Waals surface area contributed by atoms with Crippen LogP contribution in [-0.4, -0.2) is 28.1 Å². The number of hydrogen-bond acceptors (Lipinski definition) is 4. The van der Waals surface area contributed by atoms with E-state index in [2.05, 4.69) is 10.3 Å². The molecule has 0 atom stereocenters. The summed E-state index contributed by atoms with van der Waals surface area (Å²) in [7, 11) is 0. The first-order valence-electron chi connectivity index (χ1n) is 5.85. The van der Waals surface area contributed by atoms with Gasteiger partial charge in [-0.15, -0.1) is 0 Å². The molecule has 92 valence electrons. The Hall–Kier alpha value is -1.62. The van der Waals surface area contributed by atoms with E-state index in [0.29, 0.717) is 11.6 Å². The molecule has 5 heteroatoms. The van der Waals surface area contributed by atoms with Crippen LogP contribution >= 0.6 is 0 Å². The predicted octanol–water partition coefficient (Wildman–Crippen LogP) is 0.896. The first kappa shape index (κ1) is 11.9. The molecule has 1 amide bonds. The quantitative estimate of drug-likeness (QED) is 0.726. The molecule has 1 aromatic rings. The molecular weight excluding hydrogens is 218 g/mol. The molecular formula is C12H17N3O2. The maximum atomic E-state index is 11.2. The summed E-state index contributed by atoms with van der Waals surface area (Å²) >= 11 is 0. The van der Waals surface area contributed by atoms with Gasteiger partial charge in [0, 0.05) is 18.4 Å². The Morgan fingerprint density at radius 3 is 2.76 bits per heavy atom. The molecule has 0 saturated heterocycles. The second-order valence-electron chi connectivity index (χ2n) is 4.44. The SMILES string of the molecule is NC(=O)c1cnccc1NC1CCC(O)CC1. The van der Waals surface area contributed by atoms with Crippen LogP contribution < -0.4 is 11.1 Å². The average molecular weight is 235 g/mol. The molecule has 0 aliphatic heterocycles. The minimum absolute atomic E-state index is 0.180. The number of amides is 1. The van der Waals surface area contributed by atoms with Crippen LogP contribution in [0.5, 0.6) is 0 Å². The first-order chi connectivity index (χ1) is 8.16. The van der Waals surface area contributed by atoms with Crippen LogP contribution in [0.15, 0.2) is 18.5 Å². The van der Waals surface area contributed by atoms with Gasteiger partial charge in [0.2, 0.25) is 0 Å². The second-order valence-corrected chi connectivity index (χ2v) is 4.44. The van der Waals surface area contributed by atoms with Gasteiger partial charge in [-0.3, -0.25) is 9.78 Å². The predicted molar refractivity (Wildman–Crippen MR) is 64.6 cm³/mol. The normalized spacial score (nSPS) is 24.3. The molecule has 0 bridgehead atoms. The Labute approximate surface area is 100 Å². The zero-order valence-electron chi connectivity index (χ0n) is 9.60. The summed E-state index contributed by atoms with van der Waals surface area (Å²) in [6, 6.07) is 2.05. The summed E-state index contributed by atoms with van der Waals surface area (Å²) in [6.45, 7) is 0. The van der Waals surface area contributed by atoms with Crippen molar-refractivity contribution < 1.29 is 9.90 Å². The Balaban J connectivity index is 2.05. The molecule has 0 unspecified atom stereocenters. The molecule has 1 fully saturated rings. The number of rotatable bonds is 3. The third-order valence-electron chi connectivity index (χ3n) is 3.14. The fourth-order valence-electron chi connectivity index (χ4n) is 2.16. The van der Waals surface area contributed by atoms with E-state index in [0.717, 1.165) is 31.4 Å². The summed E-state index contributed by atoms with van der Waals surface area (Å²) in [6.07, 6.45) is 6.34. The highest BCUT2D eigenvalue weighted by atomic mass is 16.3. The van der Waals surface area contributed by atoms with Gasteiger partial charge in [0.25, 0.3) is 5.91 Å². The molecule has 5 nitrogen and oxygen atoms in total. The van der Waals surface area contributed by atoms with E-state index in [1.807, 2.05) is 0 Å². The number of primary amides is 1. The summed E-state index contributed by atoms with van der Waals surface area (Å²) in [5.74, 6) is -0.476. The van der Waals surface area contributed by atoms with E-state index >= 15 is 0 Å². The van der Waals surface area contributed by atoms with Gasteiger partial charge in [-0.05, 0) is 31.7 Å². The Morgan fingerprint density at radius 1 is 1.41 bits per heavy atom. The van der Waals surface area contributed by atoms with Gasteiger partial charge < -0.3 is 16.2 Å². The number of aromatic nitrogens is 1. The van der Waals surface area contributed by atoms with Crippen LogP contribution in [0, 0.1) is 0 Å². The molecule has 1 saturated carbocycles. The monoisotopic (exact) mass is 235 g/mol. The van der Waals surface area contributed by atoms with Crippen molar-refractivity contribution in [3.05, 3.63) is 24.0 Å². The molecule has 4 N–H and O–H groups in total. The van der Waals surface area contributed by atoms with Crippen LogP contribution in [0.2, 0.25) is 0 Å². The van der Waals surface area contributed by atoms with Gasteiger partial charge in [-0.25, -0.2) is 0 Å². The highest BCUT2D eigenvalue weighted by Crippen LogP contribution is 2.23. The number of hydrogen-bond donors (Lipinski definition) is 3. The molecule has 1 aromatic heterocycles. The smallest absolute Gasteiger partial charge is 0.252 e. The lowest BCUT2D eigenvalue weighted by molar-refractivity contribution is 0.1000. The Kier molecular flexibility index (Phi) is 3.58. The Morgan fingerprint density at radius 2 is 2.12 bits per heavy atom. The zero-order chi connectivity index (χ0) is 12.3. The fraction of sp³-hybridized carbons (Fsp3) is 0.500. The van der Waals surface area contributed by atoms with Crippen LogP contribution in [0.1, 0.15) is 36.0 Å². The number of nitrogens with two attached hydrogens (primary N) is 1. The molecule has 0 aromatic carbocycles. The maximum Gasteiger partial charge on any atom is 0.252 e. The molecule has 1 aliphatic rings. The van der Waals surface area contributed by atoms with Crippen molar-refractivity contribution in [2.75, 3.05) is 5.32 Å². The van der Waals surface area contributed by atoms with Crippen LogP contribution in [-0.2, 0) is 0 Å². The van der Waals surface area contributed by atoms with Gasteiger partial charge in [-0.2, -0.15) is 0 Å². The highest BCUT2D eigenvalue weighted by Gasteiger charge is 2.20. The number of nitrogens with one attached hydrogen (secondary N) is 1. The second kappa shape index (κ2) is 5.14. The topological polar surface area (TPSA) is 88.2 Å². The Bertz CT molecular complexity index is 400. The van der Waals surface area contributed by atoms with E-state index in [-0.39, 0.29) is 6.10 Å². The van der Waals surface area contributed by atoms with Gasteiger partial charge in [0.15, 0.2) is 0 Å². The van der Waals surface area contributed by atoms with E-state index in [1.165, 1.54) is 6.20 Å². The molecule has 0 spiro atoms. The molecule has 0 radical (unpaired) electrons. The molecule has 17 heavy (non-hydrogen) atoms. The number of aliphatic hydroxyl groups excluding tert-OH is 1. The lowest BCUT2D eigenvalue weighted by atomic mass is 9.93. The van der Waals surface area contributed by atoms with Crippen molar-refractivity contribution in [2.45, 2.75) is 37.8 Å². The standard InChI is InChI=1S/C12H17N3O2/c13-12(17)10-7-14-6-5-11(10)15-8-1-3-9(16)4-2-8/h5-9,16H,1-4H2,(H2,13,17)(H,14,15). The van der Waals surface area contributed by atoms with Crippen LogP contribution in [0.25, 0.3) is 0 Å². The van der Waals surface area contributed by atoms with Crippen molar-refractivity contribution in [3.8, 4) is 0 Å². The lowest BCUT2D eigenvalue weighted by Crippen LogP contribution is -2.29. The van der Waals surface area contributed by atoms with E-state index in [9.17, 15) is 9.90 Å².